The number of nitro groups is 1. The van der Waals surface area contributed by atoms with Crippen molar-refractivity contribution in [1.82, 2.24) is 4.31 Å². The van der Waals surface area contributed by atoms with Gasteiger partial charge in [-0.25, -0.2) is 12.7 Å². The Morgan fingerprint density at radius 1 is 1.28 bits per heavy atom. The Hall–Kier alpha value is -1.61. The van der Waals surface area contributed by atoms with Gasteiger partial charge in [0.25, 0.3) is 20.9 Å². The van der Waals surface area contributed by atoms with Crippen LogP contribution in [0.15, 0.2) is 29.2 Å². The van der Waals surface area contributed by atoms with Crippen molar-refractivity contribution >= 4 is 32.7 Å². The highest BCUT2D eigenvalue weighted by Gasteiger charge is 2.33. The standard InChI is InChI=1S/C9H8N2O5S2/c12-9-10(5-6-17-9)18(15,16)8-3-1-7(2-4-8)11(13)14/h1-4H,5-6H2. The zero-order chi connectivity index (χ0) is 13.3. The Labute approximate surface area is 107 Å². The molecule has 1 aromatic carbocycles. The van der Waals surface area contributed by atoms with Crippen LogP contribution in [0.5, 0.6) is 0 Å². The third-order valence-corrected chi connectivity index (χ3v) is 5.13. The fourth-order valence-corrected chi connectivity index (χ4v) is 3.98. The lowest BCUT2D eigenvalue weighted by Crippen LogP contribution is -2.30. The van der Waals surface area contributed by atoms with Crippen LogP contribution in [0.4, 0.5) is 10.5 Å². The van der Waals surface area contributed by atoms with Gasteiger partial charge >= 0.3 is 0 Å². The summed E-state index contributed by atoms with van der Waals surface area (Å²) in [6.45, 7) is 0.128. The largest absolute Gasteiger partial charge is 0.295 e. The molecule has 1 aliphatic heterocycles. The molecule has 1 fully saturated rings. The molecule has 1 saturated heterocycles. The summed E-state index contributed by atoms with van der Waals surface area (Å²) in [6, 6.07) is 4.45. The smallest absolute Gasteiger partial charge is 0.261 e. The molecule has 18 heavy (non-hydrogen) atoms. The molecule has 1 amide bonds. The number of rotatable bonds is 3. The molecule has 0 atom stereocenters. The number of non-ortho nitro benzene ring substituents is 1. The van der Waals surface area contributed by atoms with E-state index in [0.29, 0.717) is 5.75 Å². The number of hydrogen-bond donors (Lipinski definition) is 0. The Morgan fingerprint density at radius 3 is 2.33 bits per heavy atom. The maximum absolute atomic E-state index is 12.0. The molecule has 96 valence electrons. The van der Waals surface area contributed by atoms with Crippen LogP contribution in [0.2, 0.25) is 0 Å². The lowest BCUT2D eigenvalue weighted by atomic mass is 10.3. The van der Waals surface area contributed by atoms with Gasteiger partial charge in [0, 0.05) is 24.4 Å². The molecule has 7 nitrogen and oxygen atoms in total. The minimum absolute atomic E-state index is 0.121. The van der Waals surface area contributed by atoms with E-state index in [1.54, 1.807) is 0 Å². The van der Waals surface area contributed by atoms with Gasteiger partial charge < -0.3 is 0 Å². The third kappa shape index (κ3) is 2.18. The quantitative estimate of drug-likeness (QED) is 0.616. The highest BCUT2D eigenvalue weighted by atomic mass is 32.2. The molecule has 2 rings (SSSR count). The normalized spacial score (nSPS) is 16.0. The molecule has 0 bridgehead atoms. The first-order chi connectivity index (χ1) is 8.43. The van der Waals surface area contributed by atoms with Gasteiger partial charge in [0.2, 0.25) is 0 Å². The van der Waals surface area contributed by atoms with Gasteiger partial charge in [-0.3, -0.25) is 14.9 Å². The van der Waals surface area contributed by atoms with E-state index in [0.717, 1.165) is 40.3 Å². The Kier molecular flexibility index (Phi) is 3.26. The Morgan fingerprint density at radius 2 is 1.89 bits per heavy atom. The SMILES string of the molecule is O=C1SCCN1S(=O)(=O)c1ccc([N+](=O)[O-])cc1. The number of nitro benzene ring substituents is 1. The fraction of sp³-hybridized carbons (Fsp3) is 0.222. The van der Waals surface area contributed by atoms with Gasteiger partial charge in [0.15, 0.2) is 0 Å². The molecule has 1 aromatic rings. The van der Waals surface area contributed by atoms with E-state index >= 15 is 0 Å². The van der Waals surface area contributed by atoms with Gasteiger partial charge in [-0.1, -0.05) is 11.8 Å². The van der Waals surface area contributed by atoms with E-state index in [2.05, 4.69) is 0 Å². The van der Waals surface area contributed by atoms with E-state index in [4.69, 9.17) is 0 Å². The second-order valence-electron chi connectivity index (χ2n) is 3.44. The van der Waals surface area contributed by atoms with Crippen LogP contribution in [0.1, 0.15) is 0 Å². The monoisotopic (exact) mass is 288 g/mol. The molecule has 0 radical (unpaired) electrons. The summed E-state index contributed by atoms with van der Waals surface area (Å²) in [4.78, 5) is 21.1. The molecule has 0 N–H and O–H groups in total. The number of benzene rings is 1. The lowest BCUT2D eigenvalue weighted by molar-refractivity contribution is -0.384. The second-order valence-corrected chi connectivity index (χ2v) is 6.35. The van der Waals surface area contributed by atoms with Crippen LogP contribution in [0.25, 0.3) is 0 Å². The van der Waals surface area contributed by atoms with E-state index in [1.165, 1.54) is 0 Å². The summed E-state index contributed by atoms with van der Waals surface area (Å²) < 4.78 is 24.9. The van der Waals surface area contributed by atoms with Crippen molar-refractivity contribution in [2.24, 2.45) is 0 Å². The Bertz CT molecular complexity index is 596. The van der Waals surface area contributed by atoms with Crippen LogP contribution in [0, 0.1) is 10.1 Å². The first-order valence-electron chi connectivity index (χ1n) is 4.87. The molecule has 1 heterocycles. The van der Waals surface area contributed by atoms with E-state index in [9.17, 15) is 23.3 Å². The predicted molar refractivity (Wildman–Crippen MR) is 64.8 cm³/mol. The zero-order valence-electron chi connectivity index (χ0n) is 8.98. The topological polar surface area (TPSA) is 97.6 Å². The van der Waals surface area contributed by atoms with Crippen molar-refractivity contribution in [3.05, 3.63) is 34.4 Å². The summed E-state index contributed by atoms with van der Waals surface area (Å²) in [5.41, 5.74) is -0.198. The fourth-order valence-electron chi connectivity index (χ4n) is 1.46. The van der Waals surface area contributed by atoms with Crippen molar-refractivity contribution in [3.63, 3.8) is 0 Å². The predicted octanol–water partition coefficient (Wildman–Crippen LogP) is 1.45. The molecule has 0 unspecified atom stereocenters. The van der Waals surface area contributed by atoms with Crippen LogP contribution < -0.4 is 0 Å². The second kappa shape index (κ2) is 4.58. The van der Waals surface area contributed by atoms with E-state index < -0.39 is 20.2 Å². The lowest BCUT2D eigenvalue weighted by Gasteiger charge is -2.14. The molecule has 0 aliphatic carbocycles. The molecule has 0 aromatic heterocycles. The summed E-state index contributed by atoms with van der Waals surface area (Å²) >= 11 is 0.935. The van der Waals surface area contributed by atoms with Crippen LogP contribution in [0.3, 0.4) is 0 Å². The van der Waals surface area contributed by atoms with Crippen LogP contribution in [-0.2, 0) is 10.0 Å². The van der Waals surface area contributed by atoms with Gasteiger partial charge in [-0.05, 0) is 12.1 Å². The van der Waals surface area contributed by atoms with Crippen molar-refractivity contribution in [1.29, 1.82) is 0 Å². The number of hydrogen-bond acceptors (Lipinski definition) is 6. The highest BCUT2D eigenvalue weighted by molar-refractivity contribution is 8.15. The summed E-state index contributed by atoms with van der Waals surface area (Å²) in [5, 5.41) is 9.94. The molecule has 9 heteroatoms. The zero-order valence-corrected chi connectivity index (χ0v) is 10.6. The third-order valence-electron chi connectivity index (χ3n) is 2.36. The minimum Gasteiger partial charge on any atom is -0.261 e. The maximum atomic E-state index is 12.0. The molecule has 0 saturated carbocycles. The first-order valence-corrected chi connectivity index (χ1v) is 7.29. The van der Waals surface area contributed by atoms with Crippen LogP contribution >= 0.6 is 11.8 Å². The summed E-state index contributed by atoms with van der Waals surface area (Å²) in [7, 11) is -3.89. The summed E-state index contributed by atoms with van der Waals surface area (Å²) in [6.07, 6.45) is 0. The molecular weight excluding hydrogens is 280 g/mol. The van der Waals surface area contributed by atoms with Gasteiger partial charge in [-0.2, -0.15) is 0 Å². The van der Waals surface area contributed by atoms with Crippen molar-refractivity contribution in [2.45, 2.75) is 4.90 Å². The van der Waals surface area contributed by atoms with Gasteiger partial charge in [-0.15, -0.1) is 0 Å². The number of carbonyl (C=O) groups is 1. The Balaban J connectivity index is 2.35. The number of sulfonamides is 1. The van der Waals surface area contributed by atoms with Crippen LogP contribution in [-0.4, -0.2) is 35.2 Å². The molecule has 1 aliphatic rings. The van der Waals surface area contributed by atoms with E-state index in [-0.39, 0.29) is 17.1 Å². The first kappa shape index (κ1) is 12.8. The number of thioether (sulfide) groups is 1. The van der Waals surface area contributed by atoms with Crippen molar-refractivity contribution in [2.75, 3.05) is 12.3 Å². The number of nitrogens with zero attached hydrogens (tertiary/aromatic N) is 2. The highest BCUT2D eigenvalue weighted by Crippen LogP contribution is 2.26. The molecular formula is C9H8N2O5S2. The minimum atomic E-state index is -3.89. The van der Waals surface area contributed by atoms with Gasteiger partial charge in [0.1, 0.15) is 0 Å². The van der Waals surface area contributed by atoms with Crippen molar-refractivity contribution < 1.29 is 18.1 Å². The summed E-state index contributed by atoms with van der Waals surface area (Å²) in [5.74, 6) is 0.422. The van der Waals surface area contributed by atoms with Gasteiger partial charge in [0.05, 0.1) is 9.82 Å². The average Bonchev–Trinajstić information content (AvgIpc) is 2.76. The number of amides is 1. The number of carbonyl (C=O) groups excluding carboxylic acids is 1. The average molecular weight is 288 g/mol. The molecule has 0 spiro atoms. The van der Waals surface area contributed by atoms with E-state index in [1.807, 2.05) is 0 Å². The maximum Gasteiger partial charge on any atom is 0.295 e. The van der Waals surface area contributed by atoms with Crippen molar-refractivity contribution in [3.8, 4) is 0 Å².